The minimum absolute atomic E-state index is 0.0515. The summed E-state index contributed by atoms with van der Waals surface area (Å²) in [6.07, 6.45) is 0.997. The number of ether oxygens (including phenoxy) is 1. The van der Waals surface area contributed by atoms with E-state index >= 15 is 0 Å². The van der Waals surface area contributed by atoms with Crippen molar-refractivity contribution < 1.29 is 14.3 Å². The van der Waals surface area contributed by atoms with E-state index < -0.39 is 0 Å². The van der Waals surface area contributed by atoms with Gasteiger partial charge in [0.05, 0.1) is 17.7 Å². The number of thioether (sulfide) groups is 1. The van der Waals surface area contributed by atoms with Gasteiger partial charge in [-0.05, 0) is 42.7 Å². The molecule has 5 nitrogen and oxygen atoms in total. The van der Waals surface area contributed by atoms with E-state index in [-0.39, 0.29) is 35.8 Å². The summed E-state index contributed by atoms with van der Waals surface area (Å²) >= 11 is 7.77. The Kier molecular flexibility index (Phi) is 8.61. The second kappa shape index (κ2) is 12.0. The van der Waals surface area contributed by atoms with Crippen LogP contribution in [0.5, 0.6) is 5.75 Å². The maximum absolute atomic E-state index is 12.6. The predicted octanol–water partition coefficient (Wildman–Crippen LogP) is 6.27. The van der Waals surface area contributed by atoms with E-state index in [1.54, 1.807) is 30.0 Å². The summed E-state index contributed by atoms with van der Waals surface area (Å²) in [5, 5.41) is 4.07. The lowest BCUT2D eigenvalue weighted by atomic mass is 9.99. The van der Waals surface area contributed by atoms with Gasteiger partial charge >= 0.3 is 0 Å². The molecule has 0 radical (unpaired) electrons. The maximum atomic E-state index is 12.6. The zero-order valence-corrected chi connectivity index (χ0v) is 21.0. The van der Waals surface area contributed by atoms with Crippen LogP contribution in [0.2, 0.25) is 5.02 Å². The van der Waals surface area contributed by atoms with Gasteiger partial charge in [0.15, 0.2) is 11.0 Å². The summed E-state index contributed by atoms with van der Waals surface area (Å²) in [4.78, 5) is 30.1. The van der Waals surface area contributed by atoms with Crippen molar-refractivity contribution in [3.63, 3.8) is 0 Å². The van der Waals surface area contributed by atoms with E-state index in [0.717, 1.165) is 12.0 Å². The number of benzene rings is 3. The van der Waals surface area contributed by atoms with Gasteiger partial charge in [0.1, 0.15) is 5.75 Å². The second-order valence-corrected chi connectivity index (χ2v) is 9.82. The predicted molar refractivity (Wildman–Crippen MR) is 142 cm³/mol. The summed E-state index contributed by atoms with van der Waals surface area (Å²) in [7, 11) is 0. The molecule has 0 aromatic heterocycles. The quantitative estimate of drug-likeness (QED) is 0.347. The fraction of sp³-hybridized carbons (Fsp3) is 0.250. The van der Waals surface area contributed by atoms with Gasteiger partial charge in [-0.3, -0.25) is 14.6 Å². The number of nitrogens with zero attached hydrogens (tertiary/aromatic N) is 1. The number of nitrogens with one attached hydrogen (secondary N) is 1. The van der Waals surface area contributed by atoms with Gasteiger partial charge in [-0.2, -0.15) is 0 Å². The largest absolute Gasteiger partial charge is 0.492 e. The minimum Gasteiger partial charge on any atom is -0.492 e. The van der Waals surface area contributed by atoms with Crippen molar-refractivity contribution in [3.8, 4) is 5.75 Å². The van der Waals surface area contributed by atoms with Crippen LogP contribution in [0.4, 0.5) is 0 Å². The Bertz CT molecular complexity index is 1200. The van der Waals surface area contributed by atoms with Crippen molar-refractivity contribution in [3.05, 3.63) is 101 Å². The number of aliphatic imine (C=N–C) groups is 1. The van der Waals surface area contributed by atoms with E-state index in [1.165, 1.54) is 5.56 Å². The Morgan fingerprint density at radius 3 is 2.40 bits per heavy atom. The molecule has 1 aliphatic rings. The van der Waals surface area contributed by atoms with Crippen LogP contribution in [0, 0.1) is 0 Å². The van der Waals surface area contributed by atoms with Gasteiger partial charge in [-0.1, -0.05) is 84.0 Å². The van der Waals surface area contributed by atoms with Crippen LogP contribution in [0.15, 0.2) is 83.9 Å². The highest BCUT2D eigenvalue weighted by molar-refractivity contribution is 8.14. The molecular formula is C28H27ClN2O3S. The molecule has 0 saturated heterocycles. The molecule has 180 valence electrons. The number of amides is 1. The Labute approximate surface area is 214 Å². The minimum atomic E-state index is -0.228. The van der Waals surface area contributed by atoms with Crippen molar-refractivity contribution in [2.45, 2.75) is 37.5 Å². The second-order valence-electron chi connectivity index (χ2n) is 8.19. The van der Waals surface area contributed by atoms with E-state index in [2.05, 4.69) is 29.6 Å². The third-order valence-electron chi connectivity index (χ3n) is 5.67. The van der Waals surface area contributed by atoms with Gasteiger partial charge in [0, 0.05) is 23.7 Å². The molecule has 0 bridgehead atoms. The molecule has 3 aromatic rings. The number of amidine groups is 1. The number of ketones is 1. The molecule has 0 spiro atoms. The van der Waals surface area contributed by atoms with Crippen molar-refractivity contribution in [1.82, 2.24) is 5.32 Å². The average Bonchev–Trinajstić information content (AvgIpc) is 3.26. The molecule has 0 saturated carbocycles. The van der Waals surface area contributed by atoms with Crippen LogP contribution >= 0.6 is 23.4 Å². The lowest BCUT2D eigenvalue weighted by molar-refractivity contribution is -0.119. The molecule has 2 atom stereocenters. The molecule has 7 heteroatoms. The number of carbonyl (C=O) groups excluding carboxylic acids is 2. The van der Waals surface area contributed by atoms with E-state index in [9.17, 15) is 9.59 Å². The van der Waals surface area contributed by atoms with Crippen LogP contribution < -0.4 is 10.1 Å². The third-order valence-corrected chi connectivity index (χ3v) is 7.12. The molecule has 1 amide bonds. The van der Waals surface area contributed by atoms with Crippen molar-refractivity contribution in [2.75, 3.05) is 6.61 Å². The SMILES string of the molecule is CCOc1ccc(C(=O)CCC(=O)NC2=NC(c3ccccc3)C(Cc3ccccc3)S2)cc1Cl. The summed E-state index contributed by atoms with van der Waals surface area (Å²) in [5.41, 5.74) is 2.81. The highest BCUT2D eigenvalue weighted by Crippen LogP contribution is 2.39. The molecule has 3 aromatic carbocycles. The molecule has 1 N–H and O–H groups in total. The monoisotopic (exact) mass is 506 g/mol. The Morgan fingerprint density at radius 1 is 1.00 bits per heavy atom. The smallest absolute Gasteiger partial charge is 0.226 e. The highest BCUT2D eigenvalue weighted by Gasteiger charge is 2.32. The van der Waals surface area contributed by atoms with Crippen molar-refractivity contribution in [1.29, 1.82) is 0 Å². The zero-order chi connectivity index (χ0) is 24.6. The molecule has 0 fully saturated rings. The summed E-state index contributed by atoms with van der Waals surface area (Å²) in [5.74, 6) is 0.168. The number of hydrogen-bond acceptors (Lipinski definition) is 5. The zero-order valence-electron chi connectivity index (χ0n) is 19.4. The first-order valence-corrected chi connectivity index (χ1v) is 12.9. The normalized spacial score (nSPS) is 17.0. The van der Waals surface area contributed by atoms with Crippen LogP contribution in [-0.2, 0) is 11.2 Å². The van der Waals surface area contributed by atoms with Crippen LogP contribution in [-0.4, -0.2) is 28.7 Å². The molecule has 0 aliphatic carbocycles. The Balaban J connectivity index is 1.37. The lowest BCUT2D eigenvalue weighted by Gasteiger charge is -2.17. The van der Waals surface area contributed by atoms with Crippen LogP contribution in [0.25, 0.3) is 0 Å². The first kappa shape index (κ1) is 25.0. The fourth-order valence-electron chi connectivity index (χ4n) is 3.95. The lowest BCUT2D eigenvalue weighted by Crippen LogP contribution is -2.28. The molecular weight excluding hydrogens is 480 g/mol. The number of hydrogen-bond donors (Lipinski definition) is 1. The topological polar surface area (TPSA) is 67.8 Å². The summed E-state index contributed by atoms with van der Waals surface area (Å²) in [6.45, 7) is 2.36. The summed E-state index contributed by atoms with van der Waals surface area (Å²) < 4.78 is 5.41. The molecule has 35 heavy (non-hydrogen) atoms. The highest BCUT2D eigenvalue weighted by atomic mass is 35.5. The first-order chi connectivity index (χ1) is 17.0. The standard InChI is InChI=1S/C28H27ClN2O3S/c1-2-34-24-15-13-21(18-22(24)29)23(32)14-16-26(33)30-28-31-27(20-11-7-4-8-12-20)25(35-28)17-19-9-5-3-6-10-19/h3-13,15,18,25,27H,2,14,16-17H2,1H3,(H,30,31,33). The van der Waals surface area contributed by atoms with E-state index in [4.69, 9.17) is 21.3 Å². The van der Waals surface area contributed by atoms with Gasteiger partial charge in [0.2, 0.25) is 5.91 Å². The first-order valence-electron chi connectivity index (χ1n) is 11.6. The van der Waals surface area contributed by atoms with Gasteiger partial charge in [0.25, 0.3) is 0 Å². The number of Topliss-reactive ketones (excluding diaryl/α,β-unsaturated/α-hetero) is 1. The maximum Gasteiger partial charge on any atom is 0.226 e. The van der Waals surface area contributed by atoms with Crippen LogP contribution in [0.1, 0.15) is 47.3 Å². The molecule has 1 heterocycles. The van der Waals surface area contributed by atoms with Crippen molar-refractivity contribution >= 4 is 40.2 Å². The Hall–Kier alpha value is -3.09. The van der Waals surface area contributed by atoms with Crippen LogP contribution in [0.3, 0.4) is 0 Å². The number of halogens is 1. The Morgan fingerprint density at radius 2 is 1.71 bits per heavy atom. The van der Waals surface area contributed by atoms with Gasteiger partial charge in [-0.25, -0.2) is 0 Å². The molecule has 1 aliphatic heterocycles. The molecule has 2 unspecified atom stereocenters. The van der Waals surface area contributed by atoms with Crippen molar-refractivity contribution in [2.24, 2.45) is 4.99 Å². The van der Waals surface area contributed by atoms with E-state index in [1.807, 2.05) is 43.3 Å². The number of carbonyl (C=O) groups is 2. The number of rotatable bonds is 9. The van der Waals surface area contributed by atoms with Gasteiger partial charge < -0.3 is 10.1 Å². The van der Waals surface area contributed by atoms with E-state index in [0.29, 0.717) is 28.1 Å². The van der Waals surface area contributed by atoms with Gasteiger partial charge in [-0.15, -0.1) is 0 Å². The third kappa shape index (κ3) is 6.74. The molecule has 4 rings (SSSR count). The fourth-order valence-corrected chi connectivity index (χ4v) is 5.44. The average molecular weight is 507 g/mol. The summed E-state index contributed by atoms with van der Waals surface area (Å²) in [6, 6.07) is 25.3.